The maximum absolute atomic E-state index is 3.15. The van der Waals surface area contributed by atoms with E-state index < -0.39 is 0 Å². The van der Waals surface area contributed by atoms with Crippen molar-refractivity contribution >= 4 is 0 Å². The van der Waals surface area contributed by atoms with E-state index in [4.69, 9.17) is 0 Å². The molecule has 0 saturated heterocycles. The van der Waals surface area contributed by atoms with Crippen molar-refractivity contribution in [2.45, 2.75) is 12.8 Å². The monoisotopic (exact) mass is 445 g/mol. The summed E-state index contributed by atoms with van der Waals surface area (Å²) in [5.41, 5.74) is 5.50. The van der Waals surface area contributed by atoms with E-state index >= 15 is 0 Å². The number of hydrogen-bond donors (Lipinski definition) is 0. The Labute approximate surface area is 178 Å². The molecule has 0 aromatic heterocycles. The molecule has 17 heavy (non-hydrogen) atoms. The molecule has 0 unspecified atom stereocenters. The van der Waals surface area contributed by atoms with Gasteiger partial charge in [-0.15, -0.1) is 11.1 Å². The molecule has 0 nitrogen and oxygen atoms in total. The third-order valence-electron chi connectivity index (χ3n) is 3.02. The van der Waals surface area contributed by atoms with Crippen LogP contribution in [-0.2, 0) is 98.1 Å². The smallest absolute Gasteiger partial charge is 0 e. The molecule has 1 aliphatic carbocycles. The Morgan fingerprint density at radius 3 is 1.65 bits per heavy atom. The fourth-order valence-corrected chi connectivity index (χ4v) is 2.26. The van der Waals surface area contributed by atoms with Crippen LogP contribution in [0.5, 0.6) is 0 Å². The number of hydrogen-bond acceptors (Lipinski definition) is 0. The van der Waals surface area contributed by atoms with Crippen LogP contribution >= 0.6 is 0 Å². The summed E-state index contributed by atoms with van der Waals surface area (Å²) in [5.74, 6) is 0.495. The third-order valence-corrected chi connectivity index (χ3v) is 3.02. The fraction of sp³-hybridized carbons (Fsp3) is 0.143. The summed E-state index contributed by atoms with van der Waals surface area (Å²) in [5, 5.41) is 0. The fourth-order valence-electron chi connectivity index (χ4n) is 2.26. The largest absolute Gasteiger partial charge is 0.184 e. The summed E-state index contributed by atoms with van der Waals surface area (Å²) in [6.45, 7) is 2.24. The molecule has 0 saturated carbocycles. The van der Waals surface area contributed by atoms with Gasteiger partial charge in [-0.25, -0.2) is 0 Å². The molecule has 0 atom stereocenters. The average molecular weight is 445 g/mol. The van der Waals surface area contributed by atoms with Crippen molar-refractivity contribution in [3.8, 4) is 11.1 Å². The van der Waals surface area contributed by atoms with Crippen molar-refractivity contribution in [1.29, 1.82) is 0 Å². The molecule has 0 aliphatic heterocycles. The van der Waals surface area contributed by atoms with E-state index in [1.54, 1.807) is 0 Å². The molecule has 2 aromatic carbocycles. The van der Waals surface area contributed by atoms with Crippen molar-refractivity contribution in [3.05, 3.63) is 59.7 Å². The van der Waals surface area contributed by atoms with Gasteiger partial charge in [0.2, 0.25) is 0 Å². The van der Waals surface area contributed by atoms with Gasteiger partial charge in [0, 0.05) is 98.1 Å². The summed E-state index contributed by atoms with van der Waals surface area (Å²) in [6.07, 6.45) is 0. The molecule has 0 N–H and O–H groups in total. The van der Waals surface area contributed by atoms with Crippen molar-refractivity contribution in [3.63, 3.8) is 0 Å². The molecule has 0 bridgehead atoms. The summed E-state index contributed by atoms with van der Waals surface area (Å²) in [6, 6.07) is 18.8. The van der Waals surface area contributed by atoms with Crippen molar-refractivity contribution in [2.75, 3.05) is 0 Å². The van der Waals surface area contributed by atoms with Crippen LogP contribution in [0.1, 0.15) is 24.0 Å². The first kappa shape index (κ1) is 18.8. The number of fused-ring (bicyclic) bond motifs is 3. The molecule has 3 rings (SSSR count). The van der Waals surface area contributed by atoms with E-state index in [1.165, 1.54) is 22.3 Å². The van der Waals surface area contributed by atoms with Crippen LogP contribution in [0.15, 0.2) is 36.4 Å². The molecule has 2 aromatic rings. The van der Waals surface area contributed by atoms with Gasteiger partial charge in [-0.2, -0.15) is 59.7 Å². The maximum Gasteiger partial charge on any atom is 0 e. The minimum atomic E-state index is 0. The van der Waals surface area contributed by atoms with Gasteiger partial charge < -0.3 is 0 Å². The van der Waals surface area contributed by atoms with E-state index in [-0.39, 0.29) is 98.1 Å². The van der Waals surface area contributed by atoms with E-state index in [0.717, 1.165) is 0 Å². The molecule has 0 spiro atoms. The van der Waals surface area contributed by atoms with Crippen molar-refractivity contribution in [1.82, 2.24) is 0 Å². The maximum atomic E-state index is 3.15. The van der Waals surface area contributed by atoms with Gasteiger partial charge in [-0.1, -0.05) is 12.8 Å². The first-order chi connectivity index (χ1) is 6.88. The zero-order valence-electron chi connectivity index (χ0n) is 9.77. The second-order valence-electron chi connectivity index (χ2n) is 3.75. The van der Waals surface area contributed by atoms with Gasteiger partial charge in [-0.05, 0) is 0 Å². The molecule has 3 heteroatoms. The van der Waals surface area contributed by atoms with Gasteiger partial charge in [0.05, 0.1) is 0 Å². The Balaban J connectivity index is 0.000000853. The minimum Gasteiger partial charge on any atom is -0.184 e. The van der Waals surface area contributed by atoms with E-state index in [2.05, 4.69) is 43.3 Å². The third kappa shape index (κ3) is 3.45. The molecule has 0 heterocycles. The van der Waals surface area contributed by atoms with Gasteiger partial charge in [0.25, 0.3) is 0 Å². The molecular weight excluding hydrogens is 435 g/mol. The summed E-state index contributed by atoms with van der Waals surface area (Å²) in [4.78, 5) is 0. The Morgan fingerprint density at radius 2 is 1.24 bits per heavy atom. The van der Waals surface area contributed by atoms with E-state index in [0.29, 0.717) is 5.92 Å². The van der Waals surface area contributed by atoms with E-state index in [1.807, 2.05) is 12.1 Å². The normalized spacial score (nSPS) is 11.4. The predicted octanol–water partition coefficient (Wildman–Crippen LogP) is 3.41. The zero-order valence-corrected chi connectivity index (χ0v) is 18.3. The van der Waals surface area contributed by atoms with E-state index in [9.17, 15) is 0 Å². The first-order valence-electron chi connectivity index (χ1n) is 4.88. The molecule has 1 aliphatic rings. The predicted molar refractivity (Wildman–Crippen MR) is 57.1 cm³/mol. The van der Waals surface area contributed by atoms with Crippen molar-refractivity contribution in [2.24, 2.45) is 0 Å². The summed E-state index contributed by atoms with van der Waals surface area (Å²) >= 11 is 0. The summed E-state index contributed by atoms with van der Waals surface area (Å²) < 4.78 is 0. The Hall–Kier alpha value is 1.75. The van der Waals surface area contributed by atoms with Crippen LogP contribution in [0.4, 0.5) is 0 Å². The second kappa shape index (κ2) is 8.13. The molecule has 0 fully saturated rings. The molecule has 3 radical (unpaired) electrons. The van der Waals surface area contributed by atoms with Gasteiger partial charge in [0.15, 0.2) is 0 Å². The Kier molecular flexibility index (Phi) is 8.97. The van der Waals surface area contributed by atoms with Crippen LogP contribution in [0.25, 0.3) is 11.1 Å². The Bertz CT molecular complexity index is 449. The summed E-state index contributed by atoms with van der Waals surface area (Å²) in [7, 11) is 0. The molecule has 77 valence electrons. The number of rotatable bonds is 0. The SMILES string of the molecule is CC1c2c[c-]ccc2-c2cc[c-]cc21.[Y].[Y].[Y]. The minimum absolute atomic E-state index is 0. The van der Waals surface area contributed by atoms with Crippen molar-refractivity contribution < 1.29 is 98.1 Å². The first-order valence-corrected chi connectivity index (χ1v) is 4.88. The van der Waals surface area contributed by atoms with Crippen LogP contribution in [-0.4, -0.2) is 0 Å². The van der Waals surface area contributed by atoms with Gasteiger partial charge >= 0.3 is 0 Å². The van der Waals surface area contributed by atoms with Gasteiger partial charge in [-0.3, -0.25) is 0 Å². The topological polar surface area (TPSA) is 0 Å². The Morgan fingerprint density at radius 1 is 0.824 bits per heavy atom. The average Bonchev–Trinajstić information content (AvgIpc) is 2.55. The quantitative estimate of drug-likeness (QED) is 0.546. The zero-order chi connectivity index (χ0) is 9.54. The second-order valence-corrected chi connectivity index (χ2v) is 3.75. The molecular formula is C14H10Y3-2. The molecule has 0 amide bonds. The van der Waals surface area contributed by atoms with Crippen LogP contribution in [0, 0.1) is 12.1 Å². The van der Waals surface area contributed by atoms with Gasteiger partial charge in [0.1, 0.15) is 0 Å². The standard InChI is InChI=1S/C14H10.3Y/c1-10-11-6-2-4-8-13(11)14-9-5-3-7-12(10)14;;;/h4-10H,1H3;;;/q-2;;;. The number of benzene rings is 2. The van der Waals surface area contributed by atoms with Crippen LogP contribution in [0.2, 0.25) is 0 Å². The van der Waals surface area contributed by atoms with Crippen LogP contribution < -0.4 is 0 Å². The van der Waals surface area contributed by atoms with Crippen LogP contribution in [0.3, 0.4) is 0 Å².